The monoisotopic (exact) mass is 287 g/mol. The third kappa shape index (κ3) is 2.89. The Kier molecular flexibility index (Phi) is 3.60. The molecule has 1 aromatic carbocycles. The van der Waals surface area contributed by atoms with Crippen molar-refractivity contribution in [3.8, 4) is 5.75 Å². The highest BCUT2D eigenvalue weighted by atomic mass is 16.5. The quantitative estimate of drug-likeness (QED) is 0.922. The number of fused-ring (bicyclic) bond motifs is 1. The first-order valence-electron chi connectivity index (χ1n) is 6.94. The summed E-state index contributed by atoms with van der Waals surface area (Å²) in [4.78, 5) is 15.6. The summed E-state index contributed by atoms with van der Waals surface area (Å²) in [7, 11) is 1.64. The Balaban J connectivity index is 1.77. The van der Waals surface area contributed by atoms with Gasteiger partial charge in [0.25, 0.3) is 0 Å². The van der Waals surface area contributed by atoms with Crippen LogP contribution in [0, 0.1) is 5.92 Å². The number of aliphatic carboxylic acids is 1. The molecule has 1 aromatic heterocycles. The van der Waals surface area contributed by atoms with E-state index in [1.54, 1.807) is 11.8 Å². The molecule has 0 saturated carbocycles. The Bertz CT molecular complexity index is 666. The van der Waals surface area contributed by atoms with E-state index in [0.717, 1.165) is 23.0 Å². The Hall–Kier alpha value is -2.37. The van der Waals surface area contributed by atoms with Crippen LogP contribution in [0.15, 0.2) is 24.3 Å². The molecule has 1 N–H and O–H groups in total. The van der Waals surface area contributed by atoms with E-state index < -0.39 is 5.97 Å². The molecule has 0 saturated heterocycles. The average molecular weight is 287 g/mol. The molecule has 1 unspecified atom stereocenters. The van der Waals surface area contributed by atoms with Gasteiger partial charge in [-0.3, -0.25) is 4.79 Å². The number of carboxylic acid groups (broad SMARTS) is 1. The summed E-state index contributed by atoms with van der Waals surface area (Å²) >= 11 is 0. The van der Waals surface area contributed by atoms with Crippen LogP contribution in [0.1, 0.15) is 23.6 Å². The Morgan fingerprint density at radius 1 is 1.52 bits per heavy atom. The lowest BCUT2D eigenvalue weighted by Crippen LogP contribution is -2.27. The van der Waals surface area contributed by atoms with E-state index in [0.29, 0.717) is 25.8 Å². The zero-order valence-electron chi connectivity index (χ0n) is 11.8. The van der Waals surface area contributed by atoms with Crippen molar-refractivity contribution in [3.05, 3.63) is 41.5 Å². The summed E-state index contributed by atoms with van der Waals surface area (Å²) in [5.41, 5.74) is 1.08. The Morgan fingerprint density at radius 3 is 3.14 bits per heavy atom. The van der Waals surface area contributed by atoms with Gasteiger partial charge >= 0.3 is 5.97 Å². The lowest BCUT2D eigenvalue weighted by atomic mass is 10.0. The molecule has 110 valence electrons. The molecular weight excluding hydrogens is 270 g/mol. The van der Waals surface area contributed by atoms with Gasteiger partial charge in [0, 0.05) is 12.8 Å². The van der Waals surface area contributed by atoms with Crippen molar-refractivity contribution in [1.82, 2.24) is 14.8 Å². The van der Waals surface area contributed by atoms with Crippen molar-refractivity contribution < 1.29 is 14.6 Å². The molecule has 0 fully saturated rings. The molecule has 2 aromatic rings. The molecule has 0 bridgehead atoms. The maximum atomic E-state index is 11.1. The summed E-state index contributed by atoms with van der Waals surface area (Å²) in [5.74, 6) is 1.30. The summed E-state index contributed by atoms with van der Waals surface area (Å²) in [6, 6.07) is 7.79. The Morgan fingerprint density at radius 2 is 2.38 bits per heavy atom. The van der Waals surface area contributed by atoms with E-state index in [2.05, 4.69) is 10.1 Å². The van der Waals surface area contributed by atoms with Crippen LogP contribution in [0.4, 0.5) is 0 Å². The van der Waals surface area contributed by atoms with Crippen LogP contribution >= 0.6 is 0 Å². The SMILES string of the molecule is COc1cccc(Cc2nc3n(n2)CC(C(=O)O)CC3)c1. The second kappa shape index (κ2) is 5.55. The van der Waals surface area contributed by atoms with Crippen LogP contribution < -0.4 is 4.74 Å². The summed E-state index contributed by atoms with van der Waals surface area (Å²) in [6.07, 6.45) is 1.92. The fourth-order valence-corrected chi connectivity index (χ4v) is 2.60. The van der Waals surface area contributed by atoms with Crippen molar-refractivity contribution in [2.24, 2.45) is 5.92 Å². The van der Waals surface area contributed by atoms with E-state index in [-0.39, 0.29) is 5.92 Å². The maximum Gasteiger partial charge on any atom is 0.308 e. The minimum absolute atomic E-state index is 0.358. The summed E-state index contributed by atoms with van der Waals surface area (Å²) in [6.45, 7) is 0.412. The highest BCUT2D eigenvalue weighted by Crippen LogP contribution is 2.20. The predicted octanol–water partition coefficient (Wildman–Crippen LogP) is 1.52. The zero-order chi connectivity index (χ0) is 14.8. The number of carbonyl (C=O) groups is 1. The van der Waals surface area contributed by atoms with Crippen molar-refractivity contribution >= 4 is 5.97 Å². The number of ether oxygens (including phenoxy) is 1. The first-order valence-corrected chi connectivity index (χ1v) is 6.94. The summed E-state index contributed by atoms with van der Waals surface area (Å²) in [5, 5.41) is 13.5. The first kappa shape index (κ1) is 13.6. The number of aryl methyl sites for hydroxylation is 1. The van der Waals surface area contributed by atoms with Crippen molar-refractivity contribution in [2.75, 3.05) is 7.11 Å². The van der Waals surface area contributed by atoms with Gasteiger partial charge in [0.05, 0.1) is 19.6 Å². The van der Waals surface area contributed by atoms with Gasteiger partial charge in [-0.15, -0.1) is 0 Å². The fourth-order valence-electron chi connectivity index (χ4n) is 2.60. The number of carboxylic acids is 1. The van der Waals surface area contributed by atoms with E-state index in [1.807, 2.05) is 24.3 Å². The van der Waals surface area contributed by atoms with Gasteiger partial charge in [-0.05, 0) is 24.1 Å². The number of aromatic nitrogens is 3. The number of benzene rings is 1. The average Bonchev–Trinajstić information content (AvgIpc) is 2.88. The molecule has 6 heteroatoms. The van der Waals surface area contributed by atoms with Gasteiger partial charge in [-0.2, -0.15) is 5.10 Å². The van der Waals surface area contributed by atoms with Crippen LogP contribution in [-0.4, -0.2) is 33.0 Å². The van der Waals surface area contributed by atoms with E-state index in [1.165, 1.54) is 0 Å². The van der Waals surface area contributed by atoms with Gasteiger partial charge in [0.2, 0.25) is 0 Å². The van der Waals surface area contributed by atoms with Crippen LogP contribution in [0.3, 0.4) is 0 Å². The van der Waals surface area contributed by atoms with Gasteiger partial charge < -0.3 is 9.84 Å². The highest BCUT2D eigenvalue weighted by Gasteiger charge is 2.26. The molecule has 3 rings (SSSR count). The number of rotatable bonds is 4. The number of hydrogen-bond acceptors (Lipinski definition) is 4. The van der Waals surface area contributed by atoms with Gasteiger partial charge in [0.15, 0.2) is 5.82 Å². The predicted molar refractivity (Wildman–Crippen MR) is 75.3 cm³/mol. The molecule has 21 heavy (non-hydrogen) atoms. The molecule has 6 nitrogen and oxygen atoms in total. The molecule has 0 spiro atoms. The molecule has 1 aliphatic rings. The fraction of sp³-hybridized carbons (Fsp3) is 0.400. The van der Waals surface area contributed by atoms with Crippen LogP contribution in [-0.2, 0) is 24.2 Å². The largest absolute Gasteiger partial charge is 0.497 e. The molecular formula is C15H17N3O3. The van der Waals surface area contributed by atoms with Gasteiger partial charge in [0.1, 0.15) is 11.6 Å². The topological polar surface area (TPSA) is 77.2 Å². The van der Waals surface area contributed by atoms with Crippen molar-refractivity contribution in [1.29, 1.82) is 0 Å². The van der Waals surface area contributed by atoms with Crippen LogP contribution in [0.5, 0.6) is 5.75 Å². The minimum Gasteiger partial charge on any atom is -0.497 e. The van der Waals surface area contributed by atoms with Crippen molar-refractivity contribution in [3.63, 3.8) is 0 Å². The molecule has 0 aliphatic carbocycles. The van der Waals surface area contributed by atoms with Gasteiger partial charge in [-0.25, -0.2) is 9.67 Å². The number of hydrogen-bond donors (Lipinski definition) is 1. The smallest absolute Gasteiger partial charge is 0.308 e. The minimum atomic E-state index is -0.759. The standard InChI is InChI=1S/C15H17N3O3/c1-21-12-4-2-3-10(7-12)8-13-16-14-6-5-11(15(19)20)9-18(14)17-13/h2-4,7,11H,5-6,8-9H2,1H3,(H,19,20). The zero-order valence-corrected chi connectivity index (χ0v) is 11.8. The maximum absolute atomic E-state index is 11.1. The molecule has 2 heterocycles. The molecule has 1 atom stereocenters. The summed E-state index contributed by atoms with van der Waals surface area (Å²) < 4.78 is 6.94. The normalized spacial score (nSPS) is 17.3. The Labute approximate surface area is 122 Å². The first-order chi connectivity index (χ1) is 10.2. The second-order valence-electron chi connectivity index (χ2n) is 5.23. The number of nitrogens with zero attached hydrogens (tertiary/aromatic N) is 3. The van der Waals surface area contributed by atoms with Gasteiger partial charge in [-0.1, -0.05) is 12.1 Å². The van der Waals surface area contributed by atoms with E-state index in [4.69, 9.17) is 9.84 Å². The van der Waals surface area contributed by atoms with Crippen molar-refractivity contribution in [2.45, 2.75) is 25.8 Å². The molecule has 1 aliphatic heterocycles. The second-order valence-corrected chi connectivity index (χ2v) is 5.23. The molecule has 0 amide bonds. The van der Waals surface area contributed by atoms with E-state index >= 15 is 0 Å². The third-order valence-corrected chi connectivity index (χ3v) is 3.75. The van der Waals surface area contributed by atoms with Crippen LogP contribution in [0.25, 0.3) is 0 Å². The highest BCUT2D eigenvalue weighted by molar-refractivity contribution is 5.70. The van der Waals surface area contributed by atoms with Crippen LogP contribution in [0.2, 0.25) is 0 Å². The number of methoxy groups -OCH3 is 1. The lowest BCUT2D eigenvalue weighted by Gasteiger charge is -2.18. The van der Waals surface area contributed by atoms with E-state index in [9.17, 15) is 4.79 Å². The molecule has 0 radical (unpaired) electrons. The lowest BCUT2D eigenvalue weighted by molar-refractivity contribution is -0.142. The third-order valence-electron chi connectivity index (χ3n) is 3.75.